The van der Waals surface area contributed by atoms with Gasteiger partial charge in [0.1, 0.15) is 6.10 Å². The van der Waals surface area contributed by atoms with Crippen LogP contribution in [0.25, 0.3) is 0 Å². The molecule has 0 spiro atoms. The summed E-state index contributed by atoms with van der Waals surface area (Å²) in [7, 11) is 0. The van der Waals surface area contributed by atoms with E-state index < -0.39 is 6.10 Å². The van der Waals surface area contributed by atoms with Gasteiger partial charge in [0.25, 0.3) is 0 Å². The van der Waals surface area contributed by atoms with E-state index in [1.807, 2.05) is 43.6 Å². The number of hydrogen-bond acceptors (Lipinski definition) is 1. The van der Waals surface area contributed by atoms with Crippen molar-refractivity contribution in [3.8, 4) is 0 Å². The molecule has 0 amide bonds. The Bertz CT molecular complexity index is 451. The van der Waals surface area contributed by atoms with Gasteiger partial charge in [-0.2, -0.15) is 0 Å². The van der Waals surface area contributed by atoms with Crippen LogP contribution in [0.2, 0.25) is 0 Å². The molecule has 0 saturated carbocycles. The first-order valence-electron chi connectivity index (χ1n) is 4.75. The predicted molar refractivity (Wildman–Crippen MR) is 63.7 cm³/mol. The topological polar surface area (TPSA) is 36.0 Å². The number of nitrogens with one attached hydrogen (secondary N) is 1. The highest BCUT2D eigenvalue weighted by Gasteiger charge is 2.13. The minimum Gasteiger partial charge on any atom is -0.384 e. The van der Waals surface area contributed by atoms with Gasteiger partial charge in [0.15, 0.2) is 0 Å². The Kier molecular flexibility index (Phi) is 2.93. The molecule has 1 atom stereocenters. The highest BCUT2D eigenvalue weighted by Crippen LogP contribution is 2.26. The lowest BCUT2D eigenvalue weighted by atomic mass is 10.00. The first-order valence-corrected chi connectivity index (χ1v) is 5.54. The van der Waals surface area contributed by atoms with Gasteiger partial charge in [-0.25, -0.2) is 0 Å². The molecule has 0 aliphatic carbocycles. The molecule has 15 heavy (non-hydrogen) atoms. The first-order chi connectivity index (χ1) is 7.18. The van der Waals surface area contributed by atoms with Crippen molar-refractivity contribution >= 4 is 15.9 Å². The van der Waals surface area contributed by atoms with Crippen molar-refractivity contribution in [2.75, 3.05) is 0 Å². The average molecular weight is 266 g/mol. The van der Waals surface area contributed by atoms with Gasteiger partial charge >= 0.3 is 0 Å². The number of halogens is 1. The SMILES string of the molecule is Cc1ccc(Br)cc1C(O)c1cc[nH]c1. The van der Waals surface area contributed by atoms with Gasteiger partial charge in [-0.1, -0.05) is 22.0 Å². The highest BCUT2D eigenvalue weighted by atomic mass is 79.9. The largest absolute Gasteiger partial charge is 0.384 e. The number of aliphatic hydroxyl groups is 1. The molecule has 0 bridgehead atoms. The number of H-pyrrole nitrogens is 1. The summed E-state index contributed by atoms with van der Waals surface area (Å²) in [6, 6.07) is 7.80. The Hall–Kier alpha value is -1.06. The lowest BCUT2D eigenvalue weighted by Gasteiger charge is -2.12. The van der Waals surface area contributed by atoms with Crippen molar-refractivity contribution < 1.29 is 5.11 Å². The van der Waals surface area contributed by atoms with E-state index in [1.165, 1.54) is 0 Å². The normalized spacial score (nSPS) is 12.7. The number of aromatic nitrogens is 1. The summed E-state index contributed by atoms with van der Waals surface area (Å²) in [6.45, 7) is 2.00. The van der Waals surface area contributed by atoms with E-state index in [0.29, 0.717) is 0 Å². The van der Waals surface area contributed by atoms with Gasteiger partial charge < -0.3 is 10.1 Å². The molecule has 2 N–H and O–H groups in total. The number of aryl methyl sites for hydroxylation is 1. The fourth-order valence-electron chi connectivity index (χ4n) is 1.59. The van der Waals surface area contributed by atoms with Crippen LogP contribution in [0.4, 0.5) is 0 Å². The maximum Gasteiger partial charge on any atom is 0.106 e. The maximum absolute atomic E-state index is 10.1. The Morgan fingerprint density at radius 2 is 2.13 bits per heavy atom. The molecule has 0 fully saturated rings. The standard InChI is InChI=1S/C12H12BrNO/c1-8-2-3-10(13)6-11(8)12(15)9-4-5-14-7-9/h2-7,12,14-15H,1H3. The molecule has 2 nitrogen and oxygen atoms in total. The third kappa shape index (κ3) is 2.13. The number of aliphatic hydroxyl groups excluding tert-OH is 1. The number of rotatable bonds is 2. The summed E-state index contributed by atoms with van der Waals surface area (Å²) < 4.78 is 0.984. The van der Waals surface area contributed by atoms with E-state index in [2.05, 4.69) is 20.9 Å². The maximum atomic E-state index is 10.1. The van der Waals surface area contributed by atoms with Crippen LogP contribution >= 0.6 is 15.9 Å². The molecule has 0 aliphatic heterocycles. The van der Waals surface area contributed by atoms with Gasteiger partial charge in [0, 0.05) is 22.4 Å². The van der Waals surface area contributed by atoms with Gasteiger partial charge in [0.05, 0.1) is 0 Å². The molecule has 0 saturated heterocycles. The highest BCUT2D eigenvalue weighted by molar-refractivity contribution is 9.10. The zero-order chi connectivity index (χ0) is 10.8. The van der Waals surface area contributed by atoms with Crippen LogP contribution < -0.4 is 0 Å². The summed E-state index contributed by atoms with van der Waals surface area (Å²) in [5, 5.41) is 10.1. The molecule has 1 aromatic heterocycles. The van der Waals surface area contributed by atoms with Gasteiger partial charge in [-0.05, 0) is 36.2 Å². The number of benzene rings is 1. The van der Waals surface area contributed by atoms with E-state index in [4.69, 9.17) is 0 Å². The van der Waals surface area contributed by atoms with Crippen LogP contribution in [0.5, 0.6) is 0 Å². The number of hydrogen-bond donors (Lipinski definition) is 2. The fourth-order valence-corrected chi connectivity index (χ4v) is 1.97. The molecule has 2 aromatic rings. The number of aromatic amines is 1. The van der Waals surface area contributed by atoms with Crippen molar-refractivity contribution in [2.24, 2.45) is 0 Å². The molecule has 1 unspecified atom stereocenters. The minimum atomic E-state index is -0.561. The second-order valence-corrected chi connectivity index (χ2v) is 4.46. The summed E-state index contributed by atoms with van der Waals surface area (Å²) in [5.74, 6) is 0. The average Bonchev–Trinajstić information content (AvgIpc) is 2.74. The zero-order valence-electron chi connectivity index (χ0n) is 8.37. The minimum absolute atomic E-state index is 0.561. The Balaban J connectivity index is 2.41. The van der Waals surface area contributed by atoms with Crippen molar-refractivity contribution in [3.05, 3.63) is 57.8 Å². The predicted octanol–water partition coefficient (Wildman–Crippen LogP) is 3.17. The van der Waals surface area contributed by atoms with E-state index >= 15 is 0 Å². The lowest BCUT2D eigenvalue weighted by molar-refractivity contribution is 0.219. The van der Waals surface area contributed by atoms with Gasteiger partial charge in [-0.15, -0.1) is 0 Å². The third-order valence-electron chi connectivity index (χ3n) is 2.47. The summed E-state index contributed by atoms with van der Waals surface area (Å²) >= 11 is 3.41. The first kappa shape index (κ1) is 10.5. The van der Waals surface area contributed by atoms with Crippen molar-refractivity contribution in [2.45, 2.75) is 13.0 Å². The molecule has 0 radical (unpaired) electrons. The van der Waals surface area contributed by atoms with E-state index in [-0.39, 0.29) is 0 Å². The summed E-state index contributed by atoms with van der Waals surface area (Å²) in [5.41, 5.74) is 2.91. The third-order valence-corrected chi connectivity index (χ3v) is 2.97. The van der Waals surface area contributed by atoms with E-state index in [0.717, 1.165) is 21.2 Å². The van der Waals surface area contributed by atoms with Crippen LogP contribution in [-0.2, 0) is 0 Å². The van der Waals surface area contributed by atoms with Crippen molar-refractivity contribution in [1.29, 1.82) is 0 Å². The van der Waals surface area contributed by atoms with E-state index in [1.54, 1.807) is 0 Å². The second kappa shape index (κ2) is 4.21. The van der Waals surface area contributed by atoms with Crippen LogP contribution in [-0.4, -0.2) is 10.1 Å². The Labute approximate surface area is 97.1 Å². The van der Waals surface area contributed by atoms with Gasteiger partial charge in [0.2, 0.25) is 0 Å². The monoisotopic (exact) mass is 265 g/mol. The van der Waals surface area contributed by atoms with Crippen LogP contribution in [0.15, 0.2) is 41.1 Å². The van der Waals surface area contributed by atoms with Crippen LogP contribution in [0, 0.1) is 6.92 Å². The Morgan fingerprint density at radius 3 is 2.80 bits per heavy atom. The summed E-state index contributed by atoms with van der Waals surface area (Å²) in [4.78, 5) is 2.94. The lowest BCUT2D eigenvalue weighted by Crippen LogP contribution is -2.00. The summed E-state index contributed by atoms with van der Waals surface area (Å²) in [6.07, 6.45) is 3.06. The molecule has 0 aliphatic rings. The molecular formula is C12H12BrNO. The molecule has 78 valence electrons. The Morgan fingerprint density at radius 1 is 1.33 bits per heavy atom. The molecule has 2 rings (SSSR count). The van der Waals surface area contributed by atoms with Crippen LogP contribution in [0.3, 0.4) is 0 Å². The van der Waals surface area contributed by atoms with Crippen molar-refractivity contribution in [1.82, 2.24) is 4.98 Å². The molecule has 1 aromatic carbocycles. The van der Waals surface area contributed by atoms with E-state index in [9.17, 15) is 5.11 Å². The van der Waals surface area contributed by atoms with Gasteiger partial charge in [-0.3, -0.25) is 0 Å². The van der Waals surface area contributed by atoms with Crippen molar-refractivity contribution in [3.63, 3.8) is 0 Å². The zero-order valence-corrected chi connectivity index (χ0v) is 9.95. The quantitative estimate of drug-likeness (QED) is 0.860. The molecule has 3 heteroatoms. The molecule has 1 heterocycles. The second-order valence-electron chi connectivity index (χ2n) is 3.55. The fraction of sp³-hybridized carbons (Fsp3) is 0.167. The molecular weight excluding hydrogens is 254 g/mol. The smallest absolute Gasteiger partial charge is 0.106 e. The van der Waals surface area contributed by atoms with Crippen LogP contribution in [0.1, 0.15) is 22.8 Å².